The lowest BCUT2D eigenvalue weighted by Gasteiger charge is -2.12. The minimum atomic E-state index is -0.526. The molecule has 0 amide bonds. The van der Waals surface area contributed by atoms with E-state index in [4.69, 9.17) is 15.8 Å². The number of hydrogen-bond acceptors (Lipinski definition) is 7. The van der Waals surface area contributed by atoms with Gasteiger partial charge >= 0.3 is 0 Å². The van der Waals surface area contributed by atoms with E-state index < -0.39 is 11.6 Å². The van der Waals surface area contributed by atoms with E-state index in [9.17, 15) is 14.9 Å². The molecule has 3 aliphatic rings. The number of rotatable bonds is 5. The van der Waals surface area contributed by atoms with E-state index in [-0.39, 0.29) is 44.7 Å². The molecule has 0 bridgehead atoms. The van der Waals surface area contributed by atoms with Gasteiger partial charge in [0.05, 0.1) is 33.8 Å². The second-order valence-electron chi connectivity index (χ2n) is 9.93. The molecular weight excluding hydrogens is 480 g/mol. The van der Waals surface area contributed by atoms with Gasteiger partial charge in [0.1, 0.15) is 28.1 Å². The van der Waals surface area contributed by atoms with Crippen LogP contribution in [0.25, 0.3) is 32.2 Å². The molecule has 0 spiro atoms. The summed E-state index contributed by atoms with van der Waals surface area (Å²) in [7, 11) is 0. The Morgan fingerprint density at radius 3 is 2.64 bits per heavy atom. The minimum Gasteiger partial charge on any atom is -0.389 e. The number of hydrogen-bond donors (Lipinski definition) is 2. The van der Waals surface area contributed by atoms with Crippen LogP contribution >= 0.6 is 11.3 Å². The second kappa shape index (κ2) is 7.70. The zero-order chi connectivity index (χ0) is 24.7. The number of piperidine rings is 1. The number of nitrogens with zero attached hydrogens (tertiary/aromatic N) is 5. The van der Waals surface area contributed by atoms with Gasteiger partial charge in [0.2, 0.25) is 0 Å². The number of halogens is 2. The predicted molar refractivity (Wildman–Crippen MR) is 132 cm³/mol. The maximum Gasteiger partial charge on any atom is 0.175 e. The molecule has 10 heteroatoms. The topological polar surface area (TPSA) is 116 Å². The summed E-state index contributed by atoms with van der Waals surface area (Å²) in [5, 5.41) is 28.6. The van der Waals surface area contributed by atoms with Crippen molar-refractivity contribution in [2.24, 2.45) is 11.8 Å². The molecule has 0 radical (unpaired) electrons. The highest BCUT2D eigenvalue weighted by Gasteiger charge is 2.56. The molecule has 3 aromatic heterocycles. The van der Waals surface area contributed by atoms with Crippen molar-refractivity contribution in [3.63, 3.8) is 0 Å². The second-order valence-corrected chi connectivity index (χ2v) is 11.0. The van der Waals surface area contributed by atoms with Crippen LogP contribution in [0.5, 0.6) is 0 Å². The molecule has 36 heavy (non-hydrogen) atoms. The van der Waals surface area contributed by atoms with Crippen LogP contribution in [0.15, 0.2) is 12.1 Å². The number of aryl methyl sites for hydroxylation is 1. The standard InChI is InChI=1S/C26H21F2N7S/c27-16-6-5-12(19-13(8-30)26(31)36-25(16)19)22-21(28)24-20(17(33-22)2-1-7-29)23(34-35(24)11-3-4-11)18-14-9-32-10-15(14)18/h5-6,11,14-15,18,32H,1-4,9-10,31H2. The van der Waals surface area contributed by atoms with Gasteiger partial charge in [-0.25, -0.2) is 13.8 Å². The first kappa shape index (κ1) is 21.7. The molecule has 1 aromatic carbocycles. The molecule has 2 aliphatic carbocycles. The number of pyridine rings is 1. The third kappa shape index (κ3) is 2.95. The maximum atomic E-state index is 16.6. The summed E-state index contributed by atoms with van der Waals surface area (Å²) in [5.74, 6) is 0.206. The van der Waals surface area contributed by atoms with E-state index in [1.807, 2.05) is 4.68 Å². The third-order valence-corrected chi connectivity index (χ3v) is 8.87. The number of nitriles is 2. The highest BCUT2D eigenvalue weighted by atomic mass is 32.1. The first-order valence-electron chi connectivity index (χ1n) is 12.1. The van der Waals surface area contributed by atoms with Crippen LogP contribution in [-0.4, -0.2) is 27.9 Å². The average molecular weight is 502 g/mol. The fourth-order valence-electron chi connectivity index (χ4n) is 5.97. The van der Waals surface area contributed by atoms with Crippen LogP contribution in [0.4, 0.5) is 13.8 Å². The van der Waals surface area contributed by atoms with E-state index in [1.165, 1.54) is 12.1 Å². The molecule has 3 fully saturated rings. The first-order chi connectivity index (χ1) is 17.5. The quantitative estimate of drug-likeness (QED) is 0.407. The average Bonchev–Trinajstić information content (AvgIpc) is 3.69. The van der Waals surface area contributed by atoms with Crippen molar-refractivity contribution in [2.45, 2.75) is 37.6 Å². The fraction of sp³-hybridized carbons (Fsp3) is 0.385. The SMILES string of the molecule is N#CCCc1nc(-c2ccc(F)c3sc(N)c(C#N)c23)c(F)c2c1c(C1C3CNCC31)nn2C1CC1. The Hall–Kier alpha value is -3.60. The Labute approximate surface area is 209 Å². The molecule has 4 aromatic rings. The van der Waals surface area contributed by atoms with Crippen molar-refractivity contribution < 1.29 is 8.78 Å². The van der Waals surface area contributed by atoms with Crippen molar-refractivity contribution in [3.8, 4) is 23.4 Å². The Kier molecular flexibility index (Phi) is 4.63. The summed E-state index contributed by atoms with van der Waals surface area (Å²) in [6.07, 6.45) is 2.44. The molecule has 1 saturated heterocycles. The molecule has 3 N–H and O–H groups in total. The van der Waals surface area contributed by atoms with Gasteiger partial charge in [-0.1, -0.05) is 0 Å². The van der Waals surface area contributed by atoms with Gasteiger partial charge in [0.15, 0.2) is 5.82 Å². The smallest absolute Gasteiger partial charge is 0.175 e. The van der Waals surface area contributed by atoms with Gasteiger partial charge in [0.25, 0.3) is 0 Å². The molecule has 4 heterocycles. The van der Waals surface area contributed by atoms with Crippen molar-refractivity contribution in [1.29, 1.82) is 10.5 Å². The Bertz CT molecular complexity index is 1660. The summed E-state index contributed by atoms with van der Waals surface area (Å²) < 4.78 is 33.3. The van der Waals surface area contributed by atoms with Crippen LogP contribution < -0.4 is 11.1 Å². The molecular formula is C26H21F2N7S. The summed E-state index contributed by atoms with van der Waals surface area (Å²) >= 11 is 0.974. The molecule has 2 unspecified atom stereocenters. The van der Waals surface area contributed by atoms with Gasteiger partial charge in [-0.3, -0.25) is 4.68 Å². The van der Waals surface area contributed by atoms with Gasteiger partial charge < -0.3 is 11.1 Å². The molecule has 180 valence electrons. The van der Waals surface area contributed by atoms with E-state index in [1.54, 1.807) is 0 Å². The lowest BCUT2D eigenvalue weighted by Crippen LogP contribution is -2.14. The maximum absolute atomic E-state index is 16.6. The van der Waals surface area contributed by atoms with Crippen LogP contribution in [0, 0.1) is 46.1 Å². The zero-order valence-corrected chi connectivity index (χ0v) is 20.0. The van der Waals surface area contributed by atoms with Crippen molar-refractivity contribution >= 4 is 37.3 Å². The number of thiophene rings is 1. The monoisotopic (exact) mass is 501 g/mol. The van der Waals surface area contributed by atoms with Crippen LogP contribution in [0.2, 0.25) is 0 Å². The summed E-state index contributed by atoms with van der Waals surface area (Å²) in [4.78, 5) is 4.77. The number of nitrogens with two attached hydrogens (primary N) is 1. The molecule has 7 rings (SSSR count). The summed E-state index contributed by atoms with van der Waals surface area (Å²) in [6, 6.07) is 7.09. The number of nitrogen functional groups attached to an aromatic ring is 1. The Balaban J connectivity index is 1.54. The van der Waals surface area contributed by atoms with Gasteiger partial charge in [-0.15, -0.1) is 11.3 Å². The summed E-state index contributed by atoms with van der Waals surface area (Å²) in [5.41, 5.74) is 8.44. The number of anilines is 1. The zero-order valence-electron chi connectivity index (χ0n) is 19.2. The molecule has 1 aliphatic heterocycles. The highest BCUT2D eigenvalue weighted by Crippen LogP contribution is 2.58. The predicted octanol–water partition coefficient (Wildman–Crippen LogP) is 4.77. The van der Waals surface area contributed by atoms with E-state index in [2.05, 4.69) is 17.5 Å². The van der Waals surface area contributed by atoms with Gasteiger partial charge in [-0.05, 0) is 49.9 Å². The van der Waals surface area contributed by atoms with Gasteiger partial charge in [-0.2, -0.15) is 15.6 Å². The van der Waals surface area contributed by atoms with Crippen LogP contribution in [-0.2, 0) is 6.42 Å². The highest BCUT2D eigenvalue weighted by molar-refractivity contribution is 7.23. The van der Waals surface area contributed by atoms with E-state index >= 15 is 4.39 Å². The Morgan fingerprint density at radius 2 is 1.94 bits per heavy atom. The fourth-order valence-corrected chi connectivity index (χ4v) is 6.92. The lowest BCUT2D eigenvalue weighted by molar-refractivity contribution is 0.593. The van der Waals surface area contributed by atoms with E-state index in [0.717, 1.165) is 48.3 Å². The summed E-state index contributed by atoms with van der Waals surface area (Å²) in [6.45, 7) is 1.86. The number of nitrogens with one attached hydrogen (secondary N) is 1. The van der Waals surface area contributed by atoms with Crippen LogP contribution in [0.3, 0.4) is 0 Å². The molecule has 2 saturated carbocycles. The number of fused-ring (bicyclic) bond motifs is 3. The normalized spacial score (nSPS) is 22.6. The first-order valence-corrected chi connectivity index (χ1v) is 12.9. The van der Waals surface area contributed by atoms with Crippen molar-refractivity contribution in [3.05, 3.63) is 40.7 Å². The van der Waals surface area contributed by atoms with E-state index in [0.29, 0.717) is 35.0 Å². The molecule has 7 nitrogen and oxygen atoms in total. The lowest BCUT2D eigenvalue weighted by atomic mass is 9.99. The van der Waals surface area contributed by atoms with Crippen molar-refractivity contribution in [2.75, 3.05) is 18.8 Å². The largest absolute Gasteiger partial charge is 0.389 e. The minimum absolute atomic E-state index is 0.0424. The molecule has 2 atom stereocenters. The Morgan fingerprint density at radius 1 is 1.17 bits per heavy atom. The third-order valence-electron chi connectivity index (χ3n) is 7.85. The van der Waals surface area contributed by atoms with Crippen molar-refractivity contribution in [1.82, 2.24) is 20.1 Å². The number of aromatic nitrogens is 3. The van der Waals surface area contributed by atoms with Gasteiger partial charge in [0, 0.05) is 35.1 Å². The number of benzene rings is 1. The van der Waals surface area contributed by atoms with Crippen LogP contribution in [0.1, 0.15) is 48.2 Å².